The molecule has 1 aromatic carbocycles. The number of benzene rings is 1. The summed E-state index contributed by atoms with van der Waals surface area (Å²) in [5.41, 5.74) is -3.45. The van der Waals surface area contributed by atoms with Crippen LogP contribution in [0.15, 0.2) is 34.1 Å². The summed E-state index contributed by atoms with van der Waals surface area (Å²) in [4.78, 5) is 44.7. The summed E-state index contributed by atoms with van der Waals surface area (Å²) < 4.78 is 59.7. The summed E-state index contributed by atoms with van der Waals surface area (Å²) in [6.45, 7) is 5.44. The van der Waals surface area contributed by atoms with Gasteiger partial charge >= 0.3 is 11.8 Å². The maximum Gasteiger partial charge on any atom is 0.444 e. The van der Waals surface area contributed by atoms with E-state index in [2.05, 4.69) is 9.97 Å². The molecule has 0 saturated heterocycles. The number of rotatable bonds is 6. The monoisotopic (exact) mass is 499 g/mol. The molecule has 0 radical (unpaired) electrons. The van der Waals surface area contributed by atoms with E-state index in [1.54, 1.807) is 20.8 Å². The van der Waals surface area contributed by atoms with Gasteiger partial charge < -0.3 is 14.3 Å². The van der Waals surface area contributed by atoms with Crippen LogP contribution in [0.4, 0.5) is 13.6 Å². The molecule has 34 heavy (non-hydrogen) atoms. The number of fused-ring (bicyclic) bond motifs is 1. The molecular weight excluding hydrogens is 476 g/mol. The van der Waals surface area contributed by atoms with Crippen LogP contribution in [-0.4, -0.2) is 46.6 Å². The molecule has 0 atom stereocenters. The van der Waals surface area contributed by atoms with Crippen molar-refractivity contribution in [1.29, 1.82) is 0 Å². The Morgan fingerprint density at radius 2 is 1.94 bits per heavy atom. The lowest BCUT2D eigenvalue weighted by Crippen LogP contribution is -2.56. The Morgan fingerprint density at radius 3 is 2.44 bits per heavy atom. The fourth-order valence-corrected chi connectivity index (χ4v) is 4.02. The first-order valence-corrected chi connectivity index (χ1v) is 11.9. The van der Waals surface area contributed by atoms with Crippen molar-refractivity contribution in [3.8, 4) is 5.69 Å². The number of nitrogens with one attached hydrogen (secondary N) is 1. The molecule has 0 unspecified atom stereocenters. The molecule has 1 N–H and O–H groups in total. The van der Waals surface area contributed by atoms with Crippen LogP contribution in [-0.2, 0) is 20.7 Å². The SMILES string of the molecule is Cc1nccn1-c1cc2c(=O)n(N(C(=O)OCC(C)C)S(C)(=O)=O)c(=O)[nH]c2cc1C(C)(F)F. The van der Waals surface area contributed by atoms with E-state index in [-0.39, 0.29) is 38.2 Å². The normalized spacial score (nSPS) is 12.4. The second-order valence-electron chi connectivity index (χ2n) is 8.17. The summed E-state index contributed by atoms with van der Waals surface area (Å²) >= 11 is 0. The Kier molecular flexibility index (Phi) is 6.39. The molecule has 0 spiro atoms. The van der Waals surface area contributed by atoms with Gasteiger partial charge in [-0.2, -0.15) is 0 Å². The number of hydrogen-bond acceptors (Lipinski definition) is 7. The molecule has 3 rings (SSSR count). The topological polar surface area (TPSA) is 136 Å². The van der Waals surface area contributed by atoms with Crippen molar-refractivity contribution >= 4 is 27.0 Å². The van der Waals surface area contributed by atoms with Gasteiger partial charge in [0.25, 0.3) is 21.5 Å². The van der Waals surface area contributed by atoms with E-state index < -0.39 is 38.9 Å². The molecule has 1 amide bonds. The molecular formula is C20H23F2N5O6S. The van der Waals surface area contributed by atoms with Gasteiger partial charge in [-0.05, 0) is 25.0 Å². The first-order valence-electron chi connectivity index (χ1n) is 10.0. The molecule has 0 aliphatic carbocycles. The predicted molar refractivity (Wildman–Crippen MR) is 120 cm³/mol. The molecule has 0 fully saturated rings. The third-order valence-corrected chi connectivity index (χ3v) is 5.68. The number of carbonyl (C=O) groups excluding carboxylic acids is 1. The van der Waals surface area contributed by atoms with E-state index in [9.17, 15) is 31.6 Å². The summed E-state index contributed by atoms with van der Waals surface area (Å²) in [6.07, 6.45) is 1.92. The Hall–Kier alpha value is -3.55. The van der Waals surface area contributed by atoms with Gasteiger partial charge in [0, 0.05) is 24.9 Å². The van der Waals surface area contributed by atoms with E-state index in [4.69, 9.17) is 4.74 Å². The number of H-pyrrole nitrogens is 1. The van der Waals surface area contributed by atoms with Crippen molar-refractivity contribution in [3.05, 3.63) is 56.8 Å². The lowest BCUT2D eigenvalue weighted by Gasteiger charge is -2.22. The molecule has 2 aromatic heterocycles. The second kappa shape index (κ2) is 8.66. The van der Waals surface area contributed by atoms with Crippen LogP contribution in [0.1, 0.15) is 32.2 Å². The Bertz CT molecular complexity index is 1480. The number of imidazole rings is 1. The first-order chi connectivity index (χ1) is 15.6. The van der Waals surface area contributed by atoms with Gasteiger partial charge in [0.05, 0.1) is 29.5 Å². The van der Waals surface area contributed by atoms with Crippen molar-refractivity contribution in [2.45, 2.75) is 33.6 Å². The molecule has 0 aliphatic heterocycles. The molecule has 184 valence electrons. The number of aromatic nitrogens is 4. The fraction of sp³-hybridized carbons (Fsp3) is 0.400. The van der Waals surface area contributed by atoms with Crippen LogP contribution >= 0.6 is 0 Å². The van der Waals surface area contributed by atoms with Crippen LogP contribution < -0.4 is 15.7 Å². The maximum absolute atomic E-state index is 14.4. The fourth-order valence-electron chi connectivity index (χ4n) is 3.25. The quantitative estimate of drug-likeness (QED) is 0.548. The van der Waals surface area contributed by atoms with Crippen LogP contribution in [0.3, 0.4) is 0 Å². The van der Waals surface area contributed by atoms with E-state index in [1.165, 1.54) is 17.0 Å². The summed E-state index contributed by atoms with van der Waals surface area (Å²) in [7, 11) is -4.50. The molecule has 0 aliphatic rings. The van der Waals surface area contributed by atoms with Crippen molar-refractivity contribution < 1.29 is 26.7 Å². The zero-order valence-electron chi connectivity index (χ0n) is 19.0. The van der Waals surface area contributed by atoms with Crippen LogP contribution in [0.25, 0.3) is 16.6 Å². The highest BCUT2D eigenvalue weighted by atomic mass is 32.2. The number of halogens is 2. The maximum atomic E-state index is 14.4. The molecule has 14 heteroatoms. The Balaban J connectivity index is 2.36. The van der Waals surface area contributed by atoms with Crippen LogP contribution in [0, 0.1) is 12.8 Å². The highest BCUT2D eigenvalue weighted by Crippen LogP contribution is 2.34. The van der Waals surface area contributed by atoms with Crippen molar-refractivity contribution in [1.82, 2.24) is 19.2 Å². The third kappa shape index (κ3) is 4.71. The summed E-state index contributed by atoms with van der Waals surface area (Å²) in [6, 6.07) is 2.00. The zero-order valence-corrected chi connectivity index (χ0v) is 19.8. The number of sulfonamides is 1. The van der Waals surface area contributed by atoms with Gasteiger partial charge in [-0.15, -0.1) is 4.68 Å². The lowest BCUT2D eigenvalue weighted by molar-refractivity contribution is 0.0176. The molecule has 0 saturated carbocycles. The van der Waals surface area contributed by atoms with Crippen LogP contribution in [0.2, 0.25) is 0 Å². The standard InChI is InChI=1S/C20H23F2N5O6S/c1-11(2)10-33-19(30)27(34(5,31)32)26-17(28)13-8-16(25-7-6-23-12(25)3)14(20(4,21)22)9-15(13)24-18(26)29/h6-9,11H,10H2,1-5H3,(H,24,29). The van der Waals surface area contributed by atoms with Gasteiger partial charge in [0.15, 0.2) is 0 Å². The van der Waals surface area contributed by atoms with Gasteiger partial charge in [-0.25, -0.2) is 31.8 Å². The van der Waals surface area contributed by atoms with E-state index in [1.807, 2.05) is 0 Å². The minimum atomic E-state index is -4.50. The number of nitrogens with zero attached hydrogens (tertiary/aromatic N) is 4. The molecule has 11 nitrogen and oxygen atoms in total. The van der Waals surface area contributed by atoms with Gasteiger partial charge in [0.1, 0.15) is 5.82 Å². The van der Waals surface area contributed by atoms with Crippen LogP contribution in [0.5, 0.6) is 0 Å². The summed E-state index contributed by atoms with van der Waals surface area (Å²) in [5.74, 6) is -3.19. The predicted octanol–water partition coefficient (Wildman–Crippen LogP) is 1.99. The third-order valence-electron chi connectivity index (χ3n) is 4.74. The Morgan fingerprint density at radius 1 is 1.29 bits per heavy atom. The zero-order chi connectivity index (χ0) is 25.6. The minimum absolute atomic E-state index is 0.0641. The van der Waals surface area contributed by atoms with Crippen molar-refractivity contribution in [2.24, 2.45) is 5.92 Å². The number of hydrogen-bond donors (Lipinski definition) is 1. The summed E-state index contributed by atoms with van der Waals surface area (Å²) in [5, 5.41) is -0.319. The lowest BCUT2D eigenvalue weighted by atomic mass is 10.0. The minimum Gasteiger partial charge on any atom is -0.447 e. The highest BCUT2D eigenvalue weighted by molar-refractivity contribution is 7.92. The molecule has 2 heterocycles. The highest BCUT2D eigenvalue weighted by Gasteiger charge is 2.33. The number of aromatic amines is 1. The Labute approximate surface area is 192 Å². The van der Waals surface area contributed by atoms with Gasteiger partial charge in [-0.1, -0.05) is 18.3 Å². The number of alkyl halides is 2. The number of ether oxygens (including phenoxy) is 1. The largest absolute Gasteiger partial charge is 0.447 e. The second-order valence-corrected chi connectivity index (χ2v) is 9.98. The smallest absolute Gasteiger partial charge is 0.444 e. The van der Waals surface area contributed by atoms with Crippen molar-refractivity contribution in [2.75, 3.05) is 17.3 Å². The van der Waals surface area contributed by atoms with Gasteiger partial charge in [0.2, 0.25) is 0 Å². The van der Waals surface area contributed by atoms with Gasteiger partial charge in [-0.3, -0.25) is 4.79 Å². The van der Waals surface area contributed by atoms with Crippen molar-refractivity contribution in [3.63, 3.8) is 0 Å². The van der Waals surface area contributed by atoms with E-state index in [0.29, 0.717) is 19.0 Å². The molecule has 3 aromatic rings. The average molecular weight is 499 g/mol. The number of aryl methyl sites for hydroxylation is 1. The number of carbonyl (C=O) groups is 1. The number of amides is 1. The first kappa shape index (κ1) is 25.1. The van der Waals surface area contributed by atoms with E-state index >= 15 is 0 Å². The molecule has 0 bridgehead atoms. The van der Waals surface area contributed by atoms with E-state index in [0.717, 1.165) is 12.1 Å². The average Bonchev–Trinajstić information content (AvgIpc) is 3.12.